The summed E-state index contributed by atoms with van der Waals surface area (Å²) in [6.45, 7) is 4.96. The van der Waals surface area contributed by atoms with Crippen molar-refractivity contribution in [2.75, 3.05) is 39.4 Å². The quantitative estimate of drug-likeness (QED) is 0.763. The van der Waals surface area contributed by atoms with E-state index in [1.807, 2.05) is 17.0 Å². The SMILES string of the molecule is Cl.O=C(c1cc(Br)c2c(c1)OCCO2)N1CCC2(CCNC2)CC1. The van der Waals surface area contributed by atoms with Crippen molar-refractivity contribution in [3.8, 4) is 11.5 Å². The largest absolute Gasteiger partial charge is 0.486 e. The number of carbonyl (C=O) groups is 1. The third kappa shape index (κ3) is 3.24. The Morgan fingerprint density at radius 1 is 1.17 bits per heavy atom. The fourth-order valence-electron chi connectivity index (χ4n) is 3.82. The van der Waals surface area contributed by atoms with E-state index in [2.05, 4.69) is 21.2 Å². The molecule has 5 nitrogen and oxygen atoms in total. The van der Waals surface area contributed by atoms with Crippen molar-refractivity contribution in [3.05, 3.63) is 22.2 Å². The molecule has 1 spiro atoms. The summed E-state index contributed by atoms with van der Waals surface area (Å²) in [6.07, 6.45) is 3.43. The molecule has 1 amide bonds. The zero-order valence-electron chi connectivity index (χ0n) is 13.5. The molecule has 0 bridgehead atoms. The Labute approximate surface area is 156 Å². The van der Waals surface area contributed by atoms with Crippen LogP contribution in [0.5, 0.6) is 11.5 Å². The molecule has 0 unspecified atom stereocenters. The second-order valence-corrected chi connectivity index (χ2v) is 7.56. The first-order chi connectivity index (χ1) is 11.2. The maximum Gasteiger partial charge on any atom is 0.254 e. The number of nitrogens with zero attached hydrogens (tertiary/aromatic N) is 1. The van der Waals surface area contributed by atoms with E-state index in [1.165, 1.54) is 6.42 Å². The predicted molar refractivity (Wildman–Crippen MR) is 97.4 cm³/mol. The molecule has 2 saturated heterocycles. The van der Waals surface area contributed by atoms with Crippen LogP contribution in [0.4, 0.5) is 0 Å². The molecule has 7 heteroatoms. The maximum absolute atomic E-state index is 12.8. The minimum atomic E-state index is 0. The van der Waals surface area contributed by atoms with Crippen molar-refractivity contribution in [2.45, 2.75) is 19.3 Å². The van der Waals surface area contributed by atoms with E-state index < -0.39 is 0 Å². The van der Waals surface area contributed by atoms with Crippen molar-refractivity contribution < 1.29 is 14.3 Å². The Bertz CT molecular complexity index is 625. The van der Waals surface area contributed by atoms with Gasteiger partial charge in [-0.25, -0.2) is 0 Å². The Morgan fingerprint density at radius 2 is 1.92 bits per heavy atom. The second-order valence-electron chi connectivity index (χ2n) is 6.70. The molecule has 0 radical (unpaired) electrons. The highest BCUT2D eigenvalue weighted by Gasteiger charge is 2.38. The normalized spacial score (nSPS) is 21.5. The lowest BCUT2D eigenvalue weighted by molar-refractivity contribution is 0.0606. The van der Waals surface area contributed by atoms with E-state index in [0.717, 1.165) is 43.5 Å². The van der Waals surface area contributed by atoms with Gasteiger partial charge in [-0.3, -0.25) is 4.79 Å². The molecule has 1 aromatic carbocycles. The van der Waals surface area contributed by atoms with Crippen molar-refractivity contribution in [2.24, 2.45) is 5.41 Å². The van der Waals surface area contributed by atoms with Gasteiger partial charge in [0.15, 0.2) is 11.5 Å². The number of nitrogens with one attached hydrogen (secondary N) is 1. The average Bonchev–Trinajstić information content (AvgIpc) is 3.03. The smallest absolute Gasteiger partial charge is 0.254 e. The molecule has 2 fully saturated rings. The van der Waals surface area contributed by atoms with Crippen LogP contribution in [0.2, 0.25) is 0 Å². The van der Waals surface area contributed by atoms with Gasteiger partial charge in [0.05, 0.1) is 4.47 Å². The van der Waals surface area contributed by atoms with Gasteiger partial charge in [-0.2, -0.15) is 0 Å². The summed E-state index contributed by atoms with van der Waals surface area (Å²) in [5.41, 5.74) is 1.09. The van der Waals surface area contributed by atoms with Crippen LogP contribution < -0.4 is 14.8 Å². The Kier molecular flexibility index (Phi) is 5.27. The molecule has 132 valence electrons. The zero-order chi connectivity index (χ0) is 15.9. The van der Waals surface area contributed by atoms with Crippen LogP contribution in [-0.4, -0.2) is 50.2 Å². The highest BCUT2D eigenvalue weighted by molar-refractivity contribution is 9.10. The first-order valence-corrected chi connectivity index (χ1v) is 9.05. The number of benzene rings is 1. The van der Waals surface area contributed by atoms with E-state index in [9.17, 15) is 4.79 Å². The lowest BCUT2D eigenvalue weighted by Crippen LogP contribution is -2.44. The Hall–Kier alpha value is -0.980. The predicted octanol–water partition coefficient (Wildman–Crippen LogP) is 2.86. The van der Waals surface area contributed by atoms with Gasteiger partial charge in [0.1, 0.15) is 13.2 Å². The fourth-order valence-corrected chi connectivity index (χ4v) is 4.38. The topological polar surface area (TPSA) is 50.8 Å². The van der Waals surface area contributed by atoms with Gasteiger partial charge < -0.3 is 19.7 Å². The number of ether oxygens (including phenoxy) is 2. The minimum absolute atomic E-state index is 0. The van der Waals surface area contributed by atoms with Gasteiger partial charge in [-0.15, -0.1) is 12.4 Å². The third-order valence-electron chi connectivity index (χ3n) is 5.29. The Balaban J connectivity index is 0.00000169. The van der Waals surface area contributed by atoms with Gasteiger partial charge in [0, 0.05) is 25.2 Å². The maximum atomic E-state index is 12.8. The minimum Gasteiger partial charge on any atom is -0.486 e. The van der Waals surface area contributed by atoms with Gasteiger partial charge in [-0.1, -0.05) is 0 Å². The zero-order valence-corrected chi connectivity index (χ0v) is 15.9. The molecule has 0 aromatic heterocycles. The van der Waals surface area contributed by atoms with Crippen LogP contribution in [0.1, 0.15) is 29.6 Å². The third-order valence-corrected chi connectivity index (χ3v) is 5.88. The monoisotopic (exact) mass is 416 g/mol. The van der Waals surface area contributed by atoms with Gasteiger partial charge in [0.2, 0.25) is 0 Å². The molecule has 3 aliphatic heterocycles. The molecule has 0 atom stereocenters. The molecular weight excluding hydrogens is 396 g/mol. The van der Waals surface area contributed by atoms with Crippen LogP contribution in [0.25, 0.3) is 0 Å². The van der Waals surface area contributed by atoms with Crippen molar-refractivity contribution in [1.82, 2.24) is 10.2 Å². The molecule has 0 aliphatic carbocycles. The average molecular weight is 418 g/mol. The molecule has 4 rings (SSSR count). The van der Waals surface area contributed by atoms with Gasteiger partial charge >= 0.3 is 0 Å². The van der Waals surface area contributed by atoms with Crippen molar-refractivity contribution >= 4 is 34.2 Å². The van der Waals surface area contributed by atoms with Gasteiger partial charge in [-0.05, 0) is 59.3 Å². The highest BCUT2D eigenvalue weighted by Crippen LogP contribution is 2.40. The number of likely N-dealkylation sites (tertiary alicyclic amines) is 1. The van der Waals surface area contributed by atoms with Crippen molar-refractivity contribution in [3.63, 3.8) is 0 Å². The van der Waals surface area contributed by atoms with Crippen LogP contribution in [-0.2, 0) is 0 Å². The van der Waals surface area contributed by atoms with E-state index >= 15 is 0 Å². The summed E-state index contributed by atoms with van der Waals surface area (Å²) in [5.74, 6) is 1.44. The summed E-state index contributed by atoms with van der Waals surface area (Å²) >= 11 is 3.49. The van der Waals surface area contributed by atoms with Crippen molar-refractivity contribution in [1.29, 1.82) is 0 Å². The second kappa shape index (κ2) is 7.10. The molecule has 0 saturated carbocycles. The number of halogens is 2. The summed E-state index contributed by atoms with van der Waals surface area (Å²) < 4.78 is 12.0. The molecule has 1 aromatic rings. The molecule has 3 aliphatic rings. The first-order valence-electron chi connectivity index (χ1n) is 8.26. The highest BCUT2D eigenvalue weighted by atomic mass is 79.9. The lowest BCUT2D eigenvalue weighted by atomic mass is 9.78. The number of hydrogen-bond donors (Lipinski definition) is 1. The standard InChI is InChI=1S/C17H21BrN2O3.ClH/c18-13-9-12(10-14-15(13)23-8-7-22-14)16(21)20-5-2-17(3-6-20)1-4-19-11-17;/h9-10,19H,1-8,11H2;1H. The lowest BCUT2D eigenvalue weighted by Gasteiger charge is -2.39. The summed E-state index contributed by atoms with van der Waals surface area (Å²) in [6, 6.07) is 3.65. The number of hydrogen-bond acceptors (Lipinski definition) is 4. The van der Waals surface area contributed by atoms with Crippen LogP contribution in [0.3, 0.4) is 0 Å². The van der Waals surface area contributed by atoms with Crippen LogP contribution in [0.15, 0.2) is 16.6 Å². The van der Waals surface area contributed by atoms with Gasteiger partial charge in [0.25, 0.3) is 5.91 Å². The molecular formula is C17H22BrClN2O3. The molecule has 1 N–H and O–H groups in total. The number of fused-ring (bicyclic) bond motifs is 1. The van der Waals surface area contributed by atoms with E-state index in [4.69, 9.17) is 9.47 Å². The fraction of sp³-hybridized carbons (Fsp3) is 0.588. The molecule has 3 heterocycles. The summed E-state index contributed by atoms with van der Waals surface area (Å²) in [7, 11) is 0. The number of piperidine rings is 1. The Morgan fingerprint density at radius 3 is 2.62 bits per heavy atom. The number of rotatable bonds is 1. The van der Waals surface area contributed by atoms with E-state index in [0.29, 0.717) is 35.7 Å². The first kappa shape index (κ1) is 17.8. The summed E-state index contributed by atoms with van der Waals surface area (Å²) in [4.78, 5) is 14.8. The van der Waals surface area contributed by atoms with Crippen LogP contribution >= 0.6 is 28.3 Å². The van der Waals surface area contributed by atoms with E-state index in [-0.39, 0.29) is 18.3 Å². The van der Waals surface area contributed by atoms with Crippen LogP contribution in [0, 0.1) is 5.41 Å². The number of carbonyl (C=O) groups excluding carboxylic acids is 1. The van der Waals surface area contributed by atoms with E-state index in [1.54, 1.807) is 0 Å². The summed E-state index contributed by atoms with van der Waals surface area (Å²) in [5, 5.41) is 3.46. The number of amides is 1. The molecule has 24 heavy (non-hydrogen) atoms.